The lowest BCUT2D eigenvalue weighted by atomic mass is 10.0. The minimum absolute atomic E-state index is 0.0604. The predicted molar refractivity (Wildman–Crippen MR) is 88.9 cm³/mol. The van der Waals surface area contributed by atoms with Gasteiger partial charge < -0.3 is 4.90 Å². The Kier molecular flexibility index (Phi) is 4.87. The third-order valence-corrected chi connectivity index (χ3v) is 5.32. The van der Waals surface area contributed by atoms with Crippen molar-refractivity contribution in [2.45, 2.75) is 31.7 Å². The van der Waals surface area contributed by atoms with Crippen LogP contribution in [0.25, 0.3) is 0 Å². The van der Waals surface area contributed by atoms with Gasteiger partial charge >= 0.3 is 0 Å². The van der Waals surface area contributed by atoms with Gasteiger partial charge in [0.15, 0.2) is 0 Å². The van der Waals surface area contributed by atoms with Crippen LogP contribution in [0.2, 0.25) is 5.02 Å². The van der Waals surface area contributed by atoms with Crippen molar-refractivity contribution in [1.82, 2.24) is 9.80 Å². The number of carbonyl (C=O) groups is 1. The number of amides is 1. The molecule has 3 nitrogen and oxygen atoms in total. The molecule has 114 valence electrons. The van der Waals surface area contributed by atoms with Gasteiger partial charge in [-0.15, -0.1) is 0 Å². The summed E-state index contributed by atoms with van der Waals surface area (Å²) >= 11 is 9.61. The first-order valence-corrected chi connectivity index (χ1v) is 8.80. The summed E-state index contributed by atoms with van der Waals surface area (Å²) in [5, 5.41) is 0.534. The fourth-order valence-corrected chi connectivity index (χ4v) is 3.94. The number of piperidine rings is 1. The van der Waals surface area contributed by atoms with Gasteiger partial charge in [0.05, 0.1) is 10.6 Å². The van der Waals surface area contributed by atoms with E-state index < -0.39 is 0 Å². The average molecular weight is 372 g/mol. The van der Waals surface area contributed by atoms with Gasteiger partial charge in [-0.2, -0.15) is 0 Å². The third-order valence-electron chi connectivity index (χ3n) is 4.50. The molecular weight excluding hydrogens is 352 g/mol. The summed E-state index contributed by atoms with van der Waals surface area (Å²) in [4.78, 5) is 17.3. The minimum atomic E-state index is 0.0604. The SMILES string of the molecule is O=C(c1cc(Br)ccc1Cl)N1CCCC(N2CCCC2)C1. The van der Waals surface area contributed by atoms with Gasteiger partial charge in [0.2, 0.25) is 0 Å². The summed E-state index contributed by atoms with van der Waals surface area (Å²) in [7, 11) is 0. The summed E-state index contributed by atoms with van der Waals surface area (Å²) < 4.78 is 0.892. The van der Waals surface area contributed by atoms with Gasteiger partial charge in [0.1, 0.15) is 0 Å². The van der Waals surface area contributed by atoms with Gasteiger partial charge in [0.25, 0.3) is 5.91 Å². The number of nitrogens with zero attached hydrogens (tertiary/aromatic N) is 2. The highest BCUT2D eigenvalue weighted by Crippen LogP contribution is 2.25. The van der Waals surface area contributed by atoms with Crippen LogP contribution in [0.1, 0.15) is 36.0 Å². The molecule has 1 aromatic carbocycles. The highest BCUT2D eigenvalue weighted by molar-refractivity contribution is 9.10. The highest BCUT2D eigenvalue weighted by Gasteiger charge is 2.30. The molecule has 2 aliphatic rings. The topological polar surface area (TPSA) is 23.6 Å². The summed E-state index contributed by atoms with van der Waals surface area (Å²) in [6, 6.07) is 5.99. The van der Waals surface area contributed by atoms with E-state index in [2.05, 4.69) is 20.8 Å². The number of carbonyl (C=O) groups excluding carboxylic acids is 1. The van der Waals surface area contributed by atoms with Crippen molar-refractivity contribution in [3.8, 4) is 0 Å². The number of benzene rings is 1. The molecule has 2 saturated heterocycles. The molecule has 0 saturated carbocycles. The molecule has 1 atom stereocenters. The molecule has 1 unspecified atom stereocenters. The number of rotatable bonds is 2. The number of hydrogen-bond donors (Lipinski definition) is 0. The molecule has 3 rings (SSSR count). The molecule has 2 heterocycles. The molecule has 0 spiro atoms. The van der Waals surface area contributed by atoms with Crippen LogP contribution in [0.15, 0.2) is 22.7 Å². The first-order chi connectivity index (χ1) is 10.1. The summed E-state index contributed by atoms with van der Waals surface area (Å²) in [6.07, 6.45) is 4.87. The van der Waals surface area contributed by atoms with Crippen molar-refractivity contribution in [2.75, 3.05) is 26.2 Å². The van der Waals surface area contributed by atoms with E-state index in [9.17, 15) is 4.79 Å². The Labute approximate surface area is 139 Å². The lowest BCUT2D eigenvalue weighted by Gasteiger charge is -2.37. The maximum Gasteiger partial charge on any atom is 0.255 e. The quantitative estimate of drug-likeness (QED) is 0.789. The second kappa shape index (κ2) is 6.67. The first kappa shape index (κ1) is 15.3. The van der Waals surface area contributed by atoms with E-state index >= 15 is 0 Å². The first-order valence-electron chi connectivity index (χ1n) is 7.63. The molecule has 2 fully saturated rings. The van der Waals surface area contributed by atoms with E-state index in [0.717, 1.165) is 24.0 Å². The van der Waals surface area contributed by atoms with Crippen LogP contribution < -0.4 is 0 Å². The van der Waals surface area contributed by atoms with Crippen LogP contribution in [0, 0.1) is 0 Å². The Morgan fingerprint density at radius 2 is 1.95 bits per heavy atom. The number of hydrogen-bond acceptors (Lipinski definition) is 2. The van der Waals surface area contributed by atoms with Crippen LogP contribution in [0.5, 0.6) is 0 Å². The molecule has 1 amide bonds. The lowest BCUT2D eigenvalue weighted by Crippen LogP contribution is -2.49. The molecule has 5 heteroatoms. The van der Waals surface area contributed by atoms with Crippen LogP contribution in [0.4, 0.5) is 0 Å². The van der Waals surface area contributed by atoms with Crippen LogP contribution in [-0.2, 0) is 0 Å². The maximum absolute atomic E-state index is 12.7. The van der Waals surface area contributed by atoms with Crippen LogP contribution >= 0.6 is 27.5 Å². The molecule has 1 aromatic rings. The third kappa shape index (κ3) is 3.43. The zero-order valence-corrected chi connectivity index (χ0v) is 14.4. The predicted octanol–water partition coefficient (Wildman–Crippen LogP) is 3.80. The Hall–Kier alpha value is -0.580. The fourth-order valence-electron chi connectivity index (χ4n) is 3.38. The van der Waals surface area contributed by atoms with E-state index in [0.29, 0.717) is 16.6 Å². The second-order valence-electron chi connectivity index (χ2n) is 5.91. The molecule has 0 aromatic heterocycles. The molecular formula is C16H20BrClN2O. The molecule has 0 radical (unpaired) electrons. The number of likely N-dealkylation sites (tertiary alicyclic amines) is 2. The monoisotopic (exact) mass is 370 g/mol. The standard InChI is InChI=1S/C16H20BrClN2O/c17-12-5-6-15(18)14(10-12)16(21)20-9-3-4-13(11-20)19-7-1-2-8-19/h5-6,10,13H,1-4,7-9,11H2. The maximum atomic E-state index is 12.7. The Morgan fingerprint density at radius 1 is 1.19 bits per heavy atom. The normalized spacial score (nSPS) is 23.5. The zero-order valence-electron chi connectivity index (χ0n) is 12.0. The van der Waals surface area contributed by atoms with E-state index in [1.54, 1.807) is 6.07 Å². The van der Waals surface area contributed by atoms with E-state index in [4.69, 9.17) is 11.6 Å². The molecule has 0 N–H and O–H groups in total. The summed E-state index contributed by atoms with van der Waals surface area (Å²) in [6.45, 7) is 4.04. The highest BCUT2D eigenvalue weighted by atomic mass is 79.9. The Balaban J connectivity index is 1.73. The number of halogens is 2. The molecule has 2 aliphatic heterocycles. The minimum Gasteiger partial charge on any atom is -0.337 e. The molecule has 21 heavy (non-hydrogen) atoms. The van der Waals surface area contributed by atoms with Crippen LogP contribution in [-0.4, -0.2) is 47.9 Å². The molecule has 0 aliphatic carbocycles. The van der Waals surface area contributed by atoms with Crippen molar-refractivity contribution >= 4 is 33.4 Å². The van der Waals surface area contributed by atoms with Gasteiger partial charge in [-0.3, -0.25) is 9.69 Å². The van der Waals surface area contributed by atoms with E-state index in [1.165, 1.54) is 32.4 Å². The van der Waals surface area contributed by atoms with Crippen molar-refractivity contribution < 1.29 is 4.79 Å². The van der Waals surface area contributed by atoms with Crippen molar-refractivity contribution in [2.24, 2.45) is 0 Å². The van der Waals surface area contributed by atoms with Crippen LogP contribution in [0.3, 0.4) is 0 Å². The fraction of sp³-hybridized carbons (Fsp3) is 0.562. The van der Waals surface area contributed by atoms with E-state index in [-0.39, 0.29) is 5.91 Å². The summed E-state index contributed by atoms with van der Waals surface area (Å²) in [5.41, 5.74) is 0.605. The van der Waals surface area contributed by atoms with Gasteiger partial charge in [-0.05, 0) is 57.0 Å². The van der Waals surface area contributed by atoms with Crippen molar-refractivity contribution in [3.05, 3.63) is 33.3 Å². The average Bonchev–Trinajstić information content (AvgIpc) is 3.03. The Morgan fingerprint density at radius 3 is 2.71 bits per heavy atom. The van der Waals surface area contributed by atoms with Gasteiger partial charge in [-0.25, -0.2) is 0 Å². The van der Waals surface area contributed by atoms with Gasteiger partial charge in [-0.1, -0.05) is 27.5 Å². The molecule has 0 bridgehead atoms. The zero-order chi connectivity index (χ0) is 14.8. The van der Waals surface area contributed by atoms with Crippen molar-refractivity contribution in [3.63, 3.8) is 0 Å². The largest absolute Gasteiger partial charge is 0.337 e. The smallest absolute Gasteiger partial charge is 0.255 e. The summed E-state index contributed by atoms with van der Waals surface area (Å²) in [5.74, 6) is 0.0604. The van der Waals surface area contributed by atoms with E-state index in [1.807, 2.05) is 17.0 Å². The Bertz CT molecular complexity index is 531. The van der Waals surface area contributed by atoms with Gasteiger partial charge in [0, 0.05) is 23.6 Å². The lowest BCUT2D eigenvalue weighted by molar-refractivity contribution is 0.0608. The van der Waals surface area contributed by atoms with Crippen molar-refractivity contribution in [1.29, 1.82) is 0 Å². The second-order valence-corrected chi connectivity index (χ2v) is 7.24.